The van der Waals surface area contributed by atoms with Crippen molar-refractivity contribution in [2.24, 2.45) is 0 Å². The molecule has 0 radical (unpaired) electrons. The number of pyridine rings is 1. The first-order valence-corrected chi connectivity index (χ1v) is 5.06. The predicted octanol–water partition coefficient (Wildman–Crippen LogP) is 1.80. The highest BCUT2D eigenvalue weighted by Gasteiger charge is 2.07. The van der Waals surface area contributed by atoms with E-state index in [0.29, 0.717) is 0 Å². The van der Waals surface area contributed by atoms with Crippen LogP contribution in [0.1, 0.15) is 9.67 Å². The second kappa shape index (κ2) is 3.70. The van der Waals surface area contributed by atoms with Crippen LogP contribution >= 0.6 is 11.3 Å². The Hall–Kier alpha value is -1.88. The number of rotatable bonds is 2. The summed E-state index contributed by atoms with van der Waals surface area (Å²) in [6.07, 6.45) is 1.57. The van der Waals surface area contributed by atoms with Crippen LogP contribution in [0.3, 0.4) is 0 Å². The molecule has 0 aliphatic rings. The van der Waals surface area contributed by atoms with Gasteiger partial charge in [-0.2, -0.15) is 0 Å². The molecule has 0 saturated heterocycles. The monoisotopic (exact) mass is 221 g/mol. The van der Waals surface area contributed by atoms with Gasteiger partial charge in [0.05, 0.1) is 0 Å². The molecule has 0 amide bonds. The zero-order valence-corrected chi connectivity index (χ0v) is 8.38. The minimum absolute atomic E-state index is 0.174. The lowest BCUT2D eigenvalue weighted by atomic mass is 10.1. The van der Waals surface area contributed by atoms with Gasteiger partial charge in [-0.05, 0) is 28.6 Å². The summed E-state index contributed by atoms with van der Waals surface area (Å²) in [4.78, 5) is 24.3. The molecule has 2 aromatic rings. The second-order valence-electron chi connectivity index (χ2n) is 2.95. The Labute approximate surface area is 88.8 Å². The fourth-order valence-corrected chi connectivity index (χ4v) is 1.94. The summed E-state index contributed by atoms with van der Waals surface area (Å²) in [7, 11) is 0. The summed E-state index contributed by atoms with van der Waals surface area (Å²) in [6.45, 7) is 0. The third-order valence-corrected chi connectivity index (χ3v) is 2.85. The van der Waals surface area contributed by atoms with Crippen LogP contribution in [0, 0.1) is 0 Å². The molecule has 0 aliphatic heterocycles. The number of aromatic amines is 1. The van der Waals surface area contributed by atoms with E-state index in [2.05, 4.69) is 4.98 Å². The van der Waals surface area contributed by atoms with Crippen LogP contribution in [0.2, 0.25) is 0 Å². The molecule has 0 saturated carbocycles. The van der Waals surface area contributed by atoms with E-state index in [1.165, 1.54) is 17.4 Å². The van der Waals surface area contributed by atoms with Crippen LogP contribution in [0.25, 0.3) is 11.1 Å². The Morgan fingerprint density at radius 1 is 1.33 bits per heavy atom. The van der Waals surface area contributed by atoms with Crippen molar-refractivity contribution in [3.05, 3.63) is 45.0 Å². The van der Waals surface area contributed by atoms with Gasteiger partial charge in [-0.25, -0.2) is 4.79 Å². The molecule has 0 bridgehead atoms. The summed E-state index contributed by atoms with van der Waals surface area (Å²) in [5, 5.41) is 10.5. The van der Waals surface area contributed by atoms with Crippen molar-refractivity contribution >= 4 is 17.3 Å². The lowest BCUT2D eigenvalue weighted by molar-refractivity contribution is 0.0702. The number of aromatic carboxylic acids is 1. The predicted molar refractivity (Wildman–Crippen MR) is 57.3 cm³/mol. The third-order valence-electron chi connectivity index (χ3n) is 1.93. The molecule has 0 spiro atoms. The lowest BCUT2D eigenvalue weighted by Gasteiger charge is -1.94. The molecule has 0 fully saturated rings. The van der Waals surface area contributed by atoms with Crippen molar-refractivity contribution in [3.63, 3.8) is 0 Å². The molecular formula is C10H7NO3S. The van der Waals surface area contributed by atoms with Crippen LogP contribution in [-0.2, 0) is 0 Å². The zero-order chi connectivity index (χ0) is 10.8. The minimum Gasteiger partial charge on any atom is -0.477 e. The van der Waals surface area contributed by atoms with Crippen molar-refractivity contribution in [1.82, 2.24) is 4.98 Å². The molecule has 5 heteroatoms. The topological polar surface area (TPSA) is 70.2 Å². The first-order valence-electron chi connectivity index (χ1n) is 4.18. The summed E-state index contributed by atoms with van der Waals surface area (Å²) in [5.41, 5.74) is 1.43. The fourth-order valence-electron chi connectivity index (χ4n) is 1.19. The molecule has 0 aliphatic carbocycles. The summed E-state index contributed by atoms with van der Waals surface area (Å²) < 4.78 is 0. The number of H-pyrrole nitrogens is 1. The van der Waals surface area contributed by atoms with Gasteiger partial charge < -0.3 is 10.1 Å². The van der Waals surface area contributed by atoms with E-state index in [4.69, 9.17) is 5.11 Å². The molecule has 76 valence electrons. The Morgan fingerprint density at radius 2 is 2.13 bits per heavy atom. The van der Waals surface area contributed by atoms with Gasteiger partial charge in [0.2, 0.25) is 5.56 Å². The number of carbonyl (C=O) groups is 1. The van der Waals surface area contributed by atoms with Crippen LogP contribution in [0.4, 0.5) is 0 Å². The Kier molecular flexibility index (Phi) is 2.39. The normalized spacial score (nSPS) is 10.1. The van der Waals surface area contributed by atoms with Crippen molar-refractivity contribution in [1.29, 1.82) is 0 Å². The van der Waals surface area contributed by atoms with Gasteiger partial charge in [0, 0.05) is 12.3 Å². The van der Waals surface area contributed by atoms with Crippen molar-refractivity contribution in [2.75, 3.05) is 0 Å². The van der Waals surface area contributed by atoms with E-state index in [1.54, 1.807) is 23.7 Å². The third kappa shape index (κ3) is 1.97. The molecule has 2 aromatic heterocycles. The highest BCUT2D eigenvalue weighted by atomic mass is 32.1. The maximum Gasteiger partial charge on any atom is 0.345 e. The number of carboxylic acid groups (broad SMARTS) is 1. The van der Waals surface area contributed by atoms with Gasteiger partial charge in [-0.1, -0.05) is 0 Å². The van der Waals surface area contributed by atoms with Crippen LogP contribution < -0.4 is 5.56 Å². The average molecular weight is 221 g/mol. The van der Waals surface area contributed by atoms with Gasteiger partial charge in [-0.15, -0.1) is 11.3 Å². The van der Waals surface area contributed by atoms with E-state index in [1.807, 2.05) is 0 Å². The van der Waals surface area contributed by atoms with E-state index in [9.17, 15) is 9.59 Å². The van der Waals surface area contributed by atoms with Gasteiger partial charge in [0.15, 0.2) is 0 Å². The van der Waals surface area contributed by atoms with Crippen molar-refractivity contribution in [3.8, 4) is 11.1 Å². The van der Waals surface area contributed by atoms with Crippen LogP contribution in [0.5, 0.6) is 0 Å². The SMILES string of the molecule is O=C(O)c1cc(-c2ccc(=O)[nH]c2)cs1. The molecule has 2 heterocycles. The maximum absolute atomic E-state index is 10.8. The fraction of sp³-hybridized carbons (Fsp3) is 0. The van der Waals surface area contributed by atoms with E-state index < -0.39 is 5.97 Å². The molecule has 0 unspecified atom stereocenters. The van der Waals surface area contributed by atoms with Crippen molar-refractivity contribution in [2.45, 2.75) is 0 Å². The smallest absolute Gasteiger partial charge is 0.345 e. The molecule has 2 rings (SSSR count). The quantitative estimate of drug-likeness (QED) is 0.812. The molecular weight excluding hydrogens is 214 g/mol. The lowest BCUT2D eigenvalue weighted by Crippen LogP contribution is -2.01. The molecule has 2 N–H and O–H groups in total. The van der Waals surface area contributed by atoms with Gasteiger partial charge in [0.25, 0.3) is 0 Å². The van der Waals surface area contributed by atoms with Gasteiger partial charge in [-0.3, -0.25) is 4.79 Å². The van der Waals surface area contributed by atoms with E-state index in [-0.39, 0.29) is 10.4 Å². The Balaban J connectivity index is 2.41. The number of thiophene rings is 1. The second-order valence-corrected chi connectivity index (χ2v) is 3.86. The maximum atomic E-state index is 10.8. The standard InChI is InChI=1S/C10H7NO3S/c12-9-2-1-6(4-11-9)7-3-8(10(13)14)15-5-7/h1-5H,(H,11,12)(H,13,14). The van der Waals surface area contributed by atoms with Gasteiger partial charge >= 0.3 is 5.97 Å². The molecule has 4 nitrogen and oxygen atoms in total. The van der Waals surface area contributed by atoms with Crippen LogP contribution in [-0.4, -0.2) is 16.1 Å². The Morgan fingerprint density at radius 3 is 2.67 bits per heavy atom. The van der Waals surface area contributed by atoms with Crippen molar-refractivity contribution < 1.29 is 9.90 Å². The molecule has 0 atom stereocenters. The number of nitrogens with one attached hydrogen (secondary N) is 1. The first kappa shape index (κ1) is 9.67. The van der Waals surface area contributed by atoms with Gasteiger partial charge in [0.1, 0.15) is 4.88 Å². The van der Waals surface area contributed by atoms with E-state index in [0.717, 1.165) is 11.1 Å². The molecule has 0 aromatic carbocycles. The zero-order valence-electron chi connectivity index (χ0n) is 7.56. The first-order chi connectivity index (χ1) is 7.16. The number of hydrogen-bond acceptors (Lipinski definition) is 3. The minimum atomic E-state index is -0.935. The Bertz CT molecular complexity index is 535. The highest BCUT2D eigenvalue weighted by Crippen LogP contribution is 2.24. The van der Waals surface area contributed by atoms with E-state index >= 15 is 0 Å². The summed E-state index contributed by atoms with van der Waals surface area (Å²) >= 11 is 1.17. The average Bonchev–Trinajstić information content (AvgIpc) is 2.68. The summed E-state index contributed by atoms with van der Waals surface area (Å²) in [6, 6.07) is 4.65. The largest absolute Gasteiger partial charge is 0.477 e. The summed E-state index contributed by atoms with van der Waals surface area (Å²) in [5.74, 6) is -0.935. The number of hydrogen-bond donors (Lipinski definition) is 2. The highest BCUT2D eigenvalue weighted by molar-refractivity contribution is 7.12. The number of carboxylic acids is 1. The molecule has 15 heavy (non-hydrogen) atoms. The van der Waals surface area contributed by atoms with Crippen LogP contribution in [0.15, 0.2) is 34.6 Å². The number of aromatic nitrogens is 1.